The van der Waals surface area contributed by atoms with Crippen LogP contribution in [-0.4, -0.2) is 54.4 Å². The maximum absolute atomic E-state index is 14.0. The zero-order chi connectivity index (χ0) is 30.4. The molecule has 0 saturated carbocycles. The Labute approximate surface area is 245 Å². The van der Waals surface area contributed by atoms with E-state index in [1.165, 1.54) is 23.1 Å². The van der Waals surface area contributed by atoms with E-state index < -0.39 is 44.9 Å². The first kappa shape index (κ1) is 31.6. The zero-order valence-corrected chi connectivity index (χ0v) is 24.9. The van der Waals surface area contributed by atoms with Crippen molar-refractivity contribution in [2.45, 2.75) is 45.3 Å². The lowest BCUT2D eigenvalue weighted by atomic mass is 10.0. The van der Waals surface area contributed by atoms with Crippen LogP contribution in [0.2, 0.25) is 5.02 Å². The molecular formula is C29H33ClN4O6S. The summed E-state index contributed by atoms with van der Waals surface area (Å²) in [5, 5.41) is 14.8. The Kier molecular flexibility index (Phi) is 10.1. The molecule has 0 aliphatic rings. The number of carbonyl (C=O) groups excluding carboxylic acids is 2. The molecule has 0 fully saturated rings. The van der Waals surface area contributed by atoms with Crippen molar-refractivity contribution in [1.29, 1.82) is 0 Å². The Morgan fingerprint density at radius 1 is 0.976 bits per heavy atom. The van der Waals surface area contributed by atoms with Gasteiger partial charge in [-0.05, 0) is 50.1 Å². The number of rotatable bonds is 11. The average Bonchev–Trinajstić information content (AvgIpc) is 2.89. The van der Waals surface area contributed by atoms with Gasteiger partial charge in [0, 0.05) is 35.7 Å². The second-order valence-corrected chi connectivity index (χ2v) is 13.0. The fourth-order valence-electron chi connectivity index (χ4n) is 4.17. The van der Waals surface area contributed by atoms with Crippen LogP contribution >= 0.6 is 11.6 Å². The average molecular weight is 601 g/mol. The summed E-state index contributed by atoms with van der Waals surface area (Å²) in [7, 11) is -4.06. The summed E-state index contributed by atoms with van der Waals surface area (Å²) in [5.41, 5.74) is 0.496. The molecule has 218 valence electrons. The maximum Gasteiger partial charge on any atom is 0.271 e. The summed E-state index contributed by atoms with van der Waals surface area (Å²) in [6, 6.07) is 20.0. The number of halogens is 1. The van der Waals surface area contributed by atoms with Gasteiger partial charge in [0.25, 0.3) is 5.69 Å². The van der Waals surface area contributed by atoms with Crippen LogP contribution in [0.4, 0.5) is 11.4 Å². The van der Waals surface area contributed by atoms with E-state index in [0.717, 1.165) is 22.2 Å². The van der Waals surface area contributed by atoms with Crippen LogP contribution in [0, 0.1) is 10.1 Å². The topological polar surface area (TPSA) is 130 Å². The van der Waals surface area contributed by atoms with Gasteiger partial charge in [0.2, 0.25) is 21.8 Å². The summed E-state index contributed by atoms with van der Waals surface area (Å²) in [4.78, 5) is 39.8. The Balaban J connectivity index is 2.09. The minimum Gasteiger partial charge on any atom is -0.350 e. The molecule has 1 unspecified atom stereocenters. The molecule has 3 aromatic rings. The first-order valence-corrected chi connectivity index (χ1v) is 15.0. The third-order valence-electron chi connectivity index (χ3n) is 6.04. The number of anilines is 1. The lowest BCUT2D eigenvalue weighted by Gasteiger charge is -2.35. The van der Waals surface area contributed by atoms with Gasteiger partial charge in [0.15, 0.2) is 0 Å². The highest BCUT2D eigenvalue weighted by Crippen LogP contribution is 2.24. The van der Waals surface area contributed by atoms with Gasteiger partial charge in [-0.15, -0.1) is 0 Å². The van der Waals surface area contributed by atoms with Gasteiger partial charge in [-0.25, -0.2) is 8.42 Å². The van der Waals surface area contributed by atoms with Crippen LogP contribution in [0.15, 0.2) is 78.9 Å². The van der Waals surface area contributed by atoms with Gasteiger partial charge in [-0.2, -0.15) is 0 Å². The number of nitrogens with one attached hydrogen (secondary N) is 1. The van der Waals surface area contributed by atoms with Gasteiger partial charge in [0.1, 0.15) is 12.6 Å². The smallest absolute Gasteiger partial charge is 0.271 e. The normalized spacial score (nSPS) is 12.3. The predicted molar refractivity (Wildman–Crippen MR) is 159 cm³/mol. The molecule has 1 atom stereocenters. The highest BCUT2D eigenvalue weighted by atomic mass is 35.5. The first-order valence-electron chi connectivity index (χ1n) is 12.8. The molecule has 0 spiro atoms. The van der Waals surface area contributed by atoms with Crippen molar-refractivity contribution in [3.05, 3.63) is 105 Å². The third-order valence-corrected chi connectivity index (χ3v) is 7.44. The number of nitrogens with zero attached hydrogens (tertiary/aromatic N) is 3. The van der Waals surface area contributed by atoms with Crippen LogP contribution in [0.3, 0.4) is 0 Å². The molecule has 0 aliphatic carbocycles. The summed E-state index contributed by atoms with van der Waals surface area (Å²) in [5.74, 6) is -1.08. The Bertz CT molecular complexity index is 1490. The minimum atomic E-state index is -4.06. The van der Waals surface area contributed by atoms with Crippen LogP contribution in [0.1, 0.15) is 31.9 Å². The van der Waals surface area contributed by atoms with Crippen molar-refractivity contribution >= 4 is 44.8 Å². The Morgan fingerprint density at radius 2 is 1.61 bits per heavy atom. The van der Waals surface area contributed by atoms with Crippen molar-refractivity contribution in [3.8, 4) is 0 Å². The number of amides is 2. The second kappa shape index (κ2) is 13.1. The molecule has 41 heavy (non-hydrogen) atoms. The molecule has 0 aliphatic heterocycles. The van der Waals surface area contributed by atoms with Crippen molar-refractivity contribution in [2.75, 3.05) is 17.1 Å². The van der Waals surface area contributed by atoms with Gasteiger partial charge < -0.3 is 10.2 Å². The number of carbonyl (C=O) groups is 2. The lowest BCUT2D eigenvalue weighted by molar-refractivity contribution is -0.384. The largest absolute Gasteiger partial charge is 0.350 e. The van der Waals surface area contributed by atoms with Crippen molar-refractivity contribution in [1.82, 2.24) is 10.2 Å². The molecule has 0 heterocycles. The number of benzene rings is 3. The quantitative estimate of drug-likeness (QED) is 0.253. The number of non-ortho nitro benzene ring substituents is 1. The van der Waals surface area contributed by atoms with Crippen LogP contribution in [0.5, 0.6) is 0 Å². The number of hydrogen-bond acceptors (Lipinski definition) is 6. The SMILES string of the molecule is CC(C)(C)NC(=O)C(Cc1ccccc1)N(Cc1ccc(Cl)cc1)C(=O)CN(c1cccc([N+](=O)[O-])c1)S(C)(=O)=O. The predicted octanol–water partition coefficient (Wildman–Crippen LogP) is 4.57. The van der Waals surface area contributed by atoms with E-state index in [1.807, 2.05) is 51.1 Å². The molecule has 0 saturated heterocycles. The van der Waals surface area contributed by atoms with Crippen LogP contribution < -0.4 is 9.62 Å². The van der Waals surface area contributed by atoms with Crippen molar-refractivity contribution < 1.29 is 22.9 Å². The highest BCUT2D eigenvalue weighted by Gasteiger charge is 2.34. The minimum absolute atomic E-state index is 0.0163. The first-order chi connectivity index (χ1) is 19.1. The Morgan fingerprint density at radius 3 is 2.17 bits per heavy atom. The van der Waals surface area contributed by atoms with Crippen molar-refractivity contribution in [3.63, 3.8) is 0 Å². The van der Waals surface area contributed by atoms with E-state index in [4.69, 9.17) is 11.6 Å². The maximum atomic E-state index is 14.0. The van der Waals surface area contributed by atoms with E-state index in [2.05, 4.69) is 5.32 Å². The van der Waals surface area contributed by atoms with Gasteiger partial charge in [0.05, 0.1) is 16.9 Å². The van der Waals surface area contributed by atoms with Crippen LogP contribution in [-0.2, 0) is 32.6 Å². The molecule has 2 amide bonds. The fourth-order valence-corrected chi connectivity index (χ4v) is 5.14. The van der Waals surface area contributed by atoms with Gasteiger partial charge >= 0.3 is 0 Å². The van der Waals surface area contributed by atoms with E-state index in [-0.39, 0.29) is 24.3 Å². The lowest BCUT2D eigenvalue weighted by Crippen LogP contribution is -2.56. The van der Waals surface area contributed by atoms with E-state index >= 15 is 0 Å². The number of nitro groups is 1. The standard InChI is InChI=1S/C29H33ClN4O6S/c1-29(2,3)31-28(36)26(17-21-9-6-5-7-10-21)32(19-22-13-15-23(30)16-14-22)27(35)20-33(41(4,39)40)24-11-8-12-25(18-24)34(37)38/h5-16,18,26H,17,19-20H2,1-4H3,(H,31,36). The molecule has 0 bridgehead atoms. The number of hydrogen-bond donors (Lipinski definition) is 1. The second-order valence-electron chi connectivity index (χ2n) is 10.6. The third kappa shape index (κ3) is 9.29. The molecule has 3 rings (SSSR count). The van der Waals surface area contributed by atoms with Crippen LogP contribution in [0.25, 0.3) is 0 Å². The summed E-state index contributed by atoms with van der Waals surface area (Å²) >= 11 is 6.06. The highest BCUT2D eigenvalue weighted by molar-refractivity contribution is 7.92. The van der Waals surface area contributed by atoms with Crippen molar-refractivity contribution in [2.24, 2.45) is 0 Å². The summed E-state index contributed by atoms with van der Waals surface area (Å²) in [6.07, 6.45) is 1.08. The molecule has 10 nitrogen and oxygen atoms in total. The molecule has 0 radical (unpaired) electrons. The number of nitro benzene ring substituents is 1. The monoisotopic (exact) mass is 600 g/mol. The van der Waals surface area contributed by atoms with E-state index in [0.29, 0.717) is 10.6 Å². The van der Waals surface area contributed by atoms with Gasteiger partial charge in [-0.3, -0.25) is 24.0 Å². The molecule has 12 heteroatoms. The molecule has 3 aromatic carbocycles. The molecule has 1 N–H and O–H groups in total. The fraction of sp³-hybridized carbons (Fsp3) is 0.310. The molecular weight excluding hydrogens is 568 g/mol. The molecule has 0 aromatic heterocycles. The van der Waals surface area contributed by atoms with E-state index in [1.54, 1.807) is 24.3 Å². The summed E-state index contributed by atoms with van der Waals surface area (Å²) in [6.45, 7) is 4.77. The van der Waals surface area contributed by atoms with E-state index in [9.17, 15) is 28.1 Å². The Hall–Kier alpha value is -3.96. The zero-order valence-electron chi connectivity index (χ0n) is 23.3. The summed E-state index contributed by atoms with van der Waals surface area (Å²) < 4.78 is 26.5. The number of sulfonamides is 1. The van der Waals surface area contributed by atoms with Gasteiger partial charge in [-0.1, -0.05) is 60.1 Å².